The van der Waals surface area contributed by atoms with E-state index in [9.17, 15) is 4.39 Å². The van der Waals surface area contributed by atoms with E-state index in [0.717, 1.165) is 41.4 Å². The van der Waals surface area contributed by atoms with Gasteiger partial charge >= 0.3 is 0 Å². The summed E-state index contributed by atoms with van der Waals surface area (Å²) in [5.74, 6) is -0.196. The first-order valence-electron chi connectivity index (χ1n) is 5.39. The molecular formula is C12H16Br2FN. The molecule has 0 aliphatic rings. The average molecular weight is 353 g/mol. The standard InChI is InChI=1S/C12H16Br2FN/c1-2-6-16(7-5-13)9-10-3-4-11(15)8-12(10)14/h3-4,8H,2,5-7,9H2,1H3. The van der Waals surface area contributed by atoms with Gasteiger partial charge in [-0.15, -0.1) is 0 Å². The molecule has 0 aliphatic heterocycles. The number of benzene rings is 1. The van der Waals surface area contributed by atoms with Crippen LogP contribution in [-0.4, -0.2) is 23.3 Å². The van der Waals surface area contributed by atoms with Crippen LogP contribution in [0.5, 0.6) is 0 Å². The summed E-state index contributed by atoms with van der Waals surface area (Å²) in [6.07, 6.45) is 1.13. The molecule has 1 aromatic rings. The highest BCUT2D eigenvalue weighted by molar-refractivity contribution is 9.10. The zero-order valence-electron chi connectivity index (χ0n) is 9.35. The first-order chi connectivity index (χ1) is 7.67. The van der Waals surface area contributed by atoms with Crippen molar-refractivity contribution in [3.63, 3.8) is 0 Å². The van der Waals surface area contributed by atoms with Crippen molar-refractivity contribution >= 4 is 31.9 Å². The summed E-state index contributed by atoms with van der Waals surface area (Å²) in [5.41, 5.74) is 1.14. The monoisotopic (exact) mass is 351 g/mol. The SMILES string of the molecule is CCCN(CCBr)Cc1ccc(F)cc1Br. The van der Waals surface area contributed by atoms with Crippen molar-refractivity contribution in [1.29, 1.82) is 0 Å². The van der Waals surface area contributed by atoms with Gasteiger partial charge in [0.05, 0.1) is 0 Å². The molecule has 0 amide bonds. The van der Waals surface area contributed by atoms with Crippen LogP contribution in [0, 0.1) is 5.82 Å². The van der Waals surface area contributed by atoms with Crippen molar-refractivity contribution in [2.24, 2.45) is 0 Å². The largest absolute Gasteiger partial charge is 0.298 e. The summed E-state index contributed by atoms with van der Waals surface area (Å²) < 4.78 is 13.8. The molecule has 0 spiro atoms. The summed E-state index contributed by atoms with van der Waals surface area (Å²) >= 11 is 6.85. The molecule has 0 bridgehead atoms. The molecule has 0 heterocycles. The van der Waals surface area contributed by atoms with Gasteiger partial charge in [0.2, 0.25) is 0 Å². The summed E-state index contributed by atoms with van der Waals surface area (Å²) in [6.45, 7) is 5.11. The summed E-state index contributed by atoms with van der Waals surface area (Å²) in [5, 5.41) is 0.964. The Kier molecular flexibility index (Phi) is 6.54. The smallest absolute Gasteiger partial charge is 0.124 e. The maximum atomic E-state index is 12.9. The zero-order chi connectivity index (χ0) is 12.0. The first-order valence-corrected chi connectivity index (χ1v) is 7.31. The Balaban J connectivity index is 2.68. The van der Waals surface area contributed by atoms with E-state index in [2.05, 4.69) is 43.7 Å². The van der Waals surface area contributed by atoms with Crippen LogP contribution in [0.3, 0.4) is 0 Å². The lowest BCUT2D eigenvalue weighted by molar-refractivity contribution is 0.283. The van der Waals surface area contributed by atoms with Gasteiger partial charge in [-0.1, -0.05) is 44.8 Å². The highest BCUT2D eigenvalue weighted by Gasteiger charge is 2.07. The third-order valence-electron chi connectivity index (χ3n) is 2.35. The second kappa shape index (κ2) is 7.41. The van der Waals surface area contributed by atoms with Crippen LogP contribution in [0.1, 0.15) is 18.9 Å². The molecular weight excluding hydrogens is 337 g/mol. The maximum absolute atomic E-state index is 12.9. The molecule has 0 aliphatic carbocycles. The zero-order valence-corrected chi connectivity index (χ0v) is 12.5. The minimum absolute atomic E-state index is 0.196. The minimum Gasteiger partial charge on any atom is -0.298 e. The summed E-state index contributed by atoms with van der Waals surface area (Å²) in [7, 11) is 0. The normalized spacial score (nSPS) is 11.1. The van der Waals surface area contributed by atoms with Crippen LogP contribution in [0.15, 0.2) is 22.7 Å². The van der Waals surface area contributed by atoms with E-state index in [1.54, 1.807) is 0 Å². The van der Waals surface area contributed by atoms with Crippen molar-refractivity contribution in [1.82, 2.24) is 4.90 Å². The van der Waals surface area contributed by atoms with Gasteiger partial charge in [0.25, 0.3) is 0 Å². The fourth-order valence-electron chi connectivity index (χ4n) is 1.60. The van der Waals surface area contributed by atoms with Gasteiger partial charge < -0.3 is 0 Å². The Hall–Kier alpha value is 0.0700. The highest BCUT2D eigenvalue weighted by Crippen LogP contribution is 2.19. The van der Waals surface area contributed by atoms with Crippen molar-refractivity contribution in [3.05, 3.63) is 34.1 Å². The fourth-order valence-corrected chi connectivity index (χ4v) is 2.57. The molecule has 90 valence electrons. The van der Waals surface area contributed by atoms with Crippen LogP contribution < -0.4 is 0 Å². The van der Waals surface area contributed by atoms with E-state index in [1.165, 1.54) is 12.1 Å². The van der Waals surface area contributed by atoms with Crippen molar-refractivity contribution in [2.75, 3.05) is 18.4 Å². The van der Waals surface area contributed by atoms with Gasteiger partial charge in [-0.05, 0) is 30.7 Å². The molecule has 0 aromatic heterocycles. The maximum Gasteiger partial charge on any atom is 0.124 e. The van der Waals surface area contributed by atoms with E-state index in [4.69, 9.17) is 0 Å². The van der Waals surface area contributed by atoms with Crippen LogP contribution in [0.4, 0.5) is 4.39 Å². The Morgan fingerprint density at radius 1 is 1.31 bits per heavy atom. The topological polar surface area (TPSA) is 3.24 Å². The van der Waals surface area contributed by atoms with Crippen LogP contribution in [0.25, 0.3) is 0 Å². The Morgan fingerprint density at radius 3 is 2.62 bits per heavy atom. The van der Waals surface area contributed by atoms with Gasteiger partial charge in [0.15, 0.2) is 0 Å². The Bertz CT molecular complexity index is 325. The molecule has 1 aromatic carbocycles. The number of rotatable bonds is 6. The summed E-state index contributed by atoms with van der Waals surface area (Å²) in [4.78, 5) is 2.35. The van der Waals surface area contributed by atoms with Gasteiger partial charge in [-0.2, -0.15) is 0 Å². The van der Waals surface area contributed by atoms with E-state index < -0.39 is 0 Å². The van der Waals surface area contributed by atoms with Crippen LogP contribution in [-0.2, 0) is 6.54 Å². The third-order valence-corrected chi connectivity index (χ3v) is 3.44. The number of hydrogen-bond donors (Lipinski definition) is 0. The highest BCUT2D eigenvalue weighted by atomic mass is 79.9. The first kappa shape index (κ1) is 14.1. The second-order valence-electron chi connectivity index (χ2n) is 3.70. The lowest BCUT2D eigenvalue weighted by Gasteiger charge is -2.21. The Morgan fingerprint density at radius 2 is 2.06 bits per heavy atom. The van der Waals surface area contributed by atoms with Crippen LogP contribution in [0.2, 0.25) is 0 Å². The van der Waals surface area contributed by atoms with Gasteiger partial charge in [0, 0.05) is 22.9 Å². The van der Waals surface area contributed by atoms with Gasteiger partial charge in [-0.3, -0.25) is 4.90 Å². The van der Waals surface area contributed by atoms with Gasteiger partial charge in [-0.25, -0.2) is 4.39 Å². The molecule has 0 saturated heterocycles. The molecule has 1 nitrogen and oxygen atoms in total. The van der Waals surface area contributed by atoms with Crippen molar-refractivity contribution < 1.29 is 4.39 Å². The predicted molar refractivity (Wildman–Crippen MR) is 73.5 cm³/mol. The molecule has 0 radical (unpaired) electrons. The molecule has 4 heteroatoms. The minimum atomic E-state index is -0.196. The summed E-state index contributed by atoms with van der Waals surface area (Å²) in [6, 6.07) is 4.88. The number of alkyl halides is 1. The molecule has 0 unspecified atom stereocenters. The fraction of sp³-hybridized carbons (Fsp3) is 0.500. The van der Waals surface area contributed by atoms with Gasteiger partial charge in [0.1, 0.15) is 5.82 Å². The number of nitrogens with zero attached hydrogens (tertiary/aromatic N) is 1. The van der Waals surface area contributed by atoms with E-state index in [0.29, 0.717) is 0 Å². The lowest BCUT2D eigenvalue weighted by Crippen LogP contribution is -2.26. The van der Waals surface area contributed by atoms with Crippen molar-refractivity contribution in [3.8, 4) is 0 Å². The third kappa shape index (κ3) is 4.52. The Labute approximate surface area is 113 Å². The van der Waals surface area contributed by atoms with Crippen LogP contribution >= 0.6 is 31.9 Å². The molecule has 0 N–H and O–H groups in total. The molecule has 0 fully saturated rings. The molecule has 1 rings (SSSR count). The predicted octanol–water partition coefficient (Wildman–Crippen LogP) is 4.20. The molecule has 0 saturated carbocycles. The second-order valence-corrected chi connectivity index (χ2v) is 5.35. The van der Waals surface area contributed by atoms with E-state index >= 15 is 0 Å². The quantitative estimate of drug-likeness (QED) is 0.693. The molecule has 16 heavy (non-hydrogen) atoms. The number of hydrogen-bond acceptors (Lipinski definition) is 1. The lowest BCUT2D eigenvalue weighted by atomic mass is 10.2. The van der Waals surface area contributed by atoms with Crippen molar-refractivity contribution in [2.45, 2.75) is 19.9 Å². The molecule has 0 atom stereocenters. The average Bonchev–Trinajstić information content (AvgIpc) is 2.23. The van der Waals surface area contributed by atoms with E-state index in [-0.39, 0.29) is 5.82 Å². The number of halogens is 3. The van der Waals surface area contributed by atoms with E-state index in [1.807, 2.05) is 6.07 Å².